The number of benzene rings is 2. The molecule has 1 aliphatic rings. The number of hydrogen-bond acceptors (Lipinski definition) is 10. The molecule has 0 N–H and O–H groups in total. The van der Waals surface area contributed by atoms with Crippen molar-refractivity contribution in [3.63, 3.8) is 0 Å². The fourth-order valence-electron chi connectivity index (χ4n) is 4.51. The van der Waals surface area contributed by atoms with E-state index in [9.17, 15) is 9.18 Å². The lowest BCUT2D eigenvalue weighted by Crippen LogP contribution is -2.24. The third-order valence-corrected chi connectivity index (χ3v) is 6.77. The lowest BCUT2D eigenvalue weighted by Gasteiger charge is -2.16. The molecule has 0 saturated carbocycles. The Morgan fingerprint density at radius 2 is 1.56 bits per heavy atom. The molecule has 11 nitrogen and oxygen atoms in total. The first-order valence-electron chi connectivity index (χ1n) is 13.7. The summed E-state index contributed by atoms with van der Waals surface area (Å²) >= 11 is 0. The molecule has 0 aliphatic carbocycles. The van der Waals surface area contributed by atoms with Gasteiger partial charge in [0.25, 0.3) is 5.56 Å². The predicted molar refractivity (Wildman–Crippen MR) is 154 cm³/mol. The van der Waals surface area contributed by atoms with E-state index in [1.54, 1.807) is 43.4 Å². The smallest absolute Gasteiger partial charge is 0.262 e. The fourth-order valence-corrected chi connectivity index (χ4v) is 4.51. The van der Waals surface area contributed by atoms with Crippen LogP contribution >= 0.6 is 0 Å². The van der Waals surface area contributed by atoms with E-state index in [0.29, 0.717) is 97.2 Å². The minimum Gasteiger partial charge on any atom is -0.487 e. The molecule has 6 rings (SSSR count). The van der Waals surface area contributed by atoms with Crippen LogP contribution in [0.2, 0.25) is 0 Å². The molecule has 0 fully saturated rings. The highest BCUT2D eigenvalue weighted by molar-refractivity contribution is 5.87. The lowest BCUT2D eigenvalue weighted by atomic mass is 10.1. The Balaban J connectivity index is 1.22. The predicted octanol–water partition coefficient (Wildman–Crippen LogP) is 4.11. The quantitative estimate of drug-likeness (QED) is 0.298. The average Bonchev–Trinajstić information content (AvgIpc) is 3.01. The van der Waals surface area contributed by atoms with Gasteiger partial charge in [0.05, 0.1) is 54.8 Å². The zero-order chi connectivity index (χ0) is 29.6. The van der Waals surface area contributed by atoms with E-state index in [2.05, 4.69) is 19.9 Å². The van der Waals surface area contributed by atoms with Gasteiger partial charge in [0.15, 0.2) is 11.5 Å². The maximum absolute atomic E-state index is 13.3. The first kappa shape index (κ1) is 28.2. The molecule has 220 valence electrons. The zero-order valence-corrected chi connectivity index (χ0v) is 23.4. The molecular weight excluding hydrogens is 557 g/mol. The van der Waals surface area contributed by atoms with Crippen LogP contribution in [-0.4, -0.2) is 64.1 Å². The minimum absolute atomic E-state index is 0.247. The van der Waals surface area contributed by atoms with Crippen molar-refractivity contribution in [3.05, 3.63) is 94.8 Å². The summed E-state index contributed by atoms with van der Waals surface area (Å²) in [5.74, 6) is 2.00. The Labute approximate surface area is 245 Å². The standard InChI is InChI=1S/C31H28FN5O6/c1-37-29(14-20-2-4-21(32)5-3-20)34-18-24(31(37)38)25-7-6-22(17-33-25)43-30-23-15-27-28(16-26(23)35-19-36-30)42-13-11-40-9-8-39-10-12-41-27/h2-7,15-19H,8-14H2,1H3. The van der Waals surface area contributed by atoms with Crippen LogP contribution in [-0.2, 0) is 22.9 Å². The second-order valence-electron chi connectivity index (χ2n) is 9.65. The molecule has 5 aromatic rings. The van der Waals surface area contributed by atoms with Crippen molar-refractivity contribution in [2.45, 2.75) is 6.42 Å². The number of halogens is 1. The minimum atomic E-state index is -0.316. The molecule has 0 radical (unpaired) electrons. The molecule has 1 aliphatic heterocycles. The molecule has 0 saturated heterocycles. The summed E-state index contributed by atoms with van der Waals surface area (Å²) in [5, 5.41) is 0.619. The van der Waals surface area contributed by atoms with E-state index < -0.39 is 0 Å². The number of nitrogens with zero attached hydrogens (tertiary/aromatic N) is 5. The van der Waals surface area contributed by atoms with E-state index in [0.717, 1.165) is 5.56 Å². The fraction of sp³-hybridized carbons (Fsp3) is 0.258. The first-order chi connectivity index (χ1) is 21.0. The molecule has 0 amide bonds. The van der Waals surface area contributed by atoms with Crippen molar-refractivity contribution in [1.82, 2.24) is 24.5 Å². The molecule has 12 heteroatoms. The SMILES string of the molecule is Cn1c(Cc2ccc(F)cc2)ncc(-c2ccc(Oc3ncnc4cc5c(cc34)OCCOCCOCCO5)cn2)c1=O. The topological polar surface area (TPSA) is 120 Å². The number of aromatic nitrogens is 5. The van der Waals surface area contributed by atoms with Crippen LogP contribution in [0.25, 0.3) is 22.2 Å². The van der Waals surface area contributed by atoms with Gasteiger partial charge >= 0.3 is 0 Å². The van der Waals surface area contributed by atoms with Crippen molar-refractivity contribution >= 4 is 10.9 Å². The monoisotopic (exact) mass is 585 g/mol. The highest BCUT2D eigenvalue weighted by Crippen LogP contribution is 2.36. The van der Waals surface area contributed by atoms with Crippen molar-refractivity contribution in [2.24, 2.45) is 7.05 Å². The zero-order valence-electron chi connectivity index (χ0n) is 23.4. The van der Waals surface area contributed by atoms with Gasteiger partial charge in [-0.25, -0.2) is 19.3 Å². The van der Waals surface area contributed by atoms with Gasteiger partial charge in [-0.3, -0.25) is 14.3 Å². The maximum atomic E-state index is 13.3. The van der Waals surface area contributed by atoms with Crippen LogP contribution in [0.3, 0.4) is 0 Å². The Morgan fingerprint density at radius 3 is 2.28 bits per heavy atom. The molecule has 4 heterocycles. The van der Waals surface area contributed by atoms with E-state index in [-0.39, 0.29) is 11.4 Å². The second-order valence-corrected chi connectivity index (χ2v) is 9.65. The highest BCUT2D eigenvalue weighted by Gasteiger charge is 2.16. The normalized spacial score (nSPS) is 14.1. The first-order valence-corrected chi connectivity index (χ1v) is 13.7. The maximum Gasteiger partial charge on any atom is 0.262 e. The van der Waals surface area contributed by atoms with E-state index in [1.807, 2.05) is 0 Å². The van der Waals surface area contributed by atoms with E-state index in [4.69, 9.17) is 23.7 Å². The van der Waals surface area contributed by atoms with Crippen LogP contribution in [0, 0.1) is 5.82 Å². The summed E-state index contributed by atoms with van der Waals surface area (Å²) in [6.07, 6.45) is 4.81. The van der Waals surface area contributed by atoms with Gasteiger partial charge in [-0.15, -0.1) is 0 Å². The van der Waals surface area contributed by atoms with Gasteiger partial charge in [0, 0.05) is 25.7 Å². The molecule has 0 bridgehead atoms. The third-order valence-electron chi connectivity index (χ3n) is 6.77. The van der Waals surface area contributed by atoms with Crippen molar-refractivity contribution in [1.29, 1.82) is 0 Å². The van der Waals surface area contributed by atoms with Crippen LogP contribution in [0.1, 0.15) is 11.4 Å². The van der Waals surface area contributed by atoms with Gasteiger partial charge < -0.3 is 23.7 Å². The molecule has 2 aromatic carbocycles. The van der Waals surface area contributed by atoms with Crippen molar-refractivity contribution < 1.29 is 28.1 Å². The molecular formula is C31H28FN5O6. The van der Waals surface area contributed by atoms with Crippen molar-refractivity contribution in [3.8, 4) is 34.4 Å². The van der Waals surface area contributed by atoms with Crippen molar-refractivity contribution in [2.75, 3.05) is 39.6 Å². The van der Waals surface area contributed by atoms with Crippen LogP contribution in [0.15, 0.2) is 72.0 Å². The third kappa shape index (κ3) is 6.60. The Morgan fingerprint density at radius 1 is 0.837 bits per heavy atom. The summed E-state index contributed by atoms with van der Waals surface area (Å²) in [7, 11) is 1.65. The van der Waals surface area contributed by atoms with Gasteiger partial charge in [0.2, 0.25) is 5.88 Å². The van der Waals surface area contributed by atoms with Gasteiger partial charge in [-0.2, -0.15) is 0 Å². The number of rotatable bonds is 5. The molecule has 0 unspecified atom stereocenters. The van der Waals surface area contributed by atoms with E-state index >= 15 is 0 Å². The summed E-state index contributed by atoms with van der Waals surface area (Å²) < 4.78 is 43.6. The van der Waals surface area contributed by atoms with Crippen LogP contribution in [0.5, 0.6) is 23.1 Å². The summed E-state index contributed by atoms with van der Waals surface area (Å²) in [4.78, 5) is 30.7. The summed E-state index contributed by atoms with van der Waals surface area (Å²) in [6, 6.07) is 13.0. The number of pyridine rings is 1. The Bertz CT molecular complexity index is 1780. The molecule has 3 aromatic heterocycles. The van der Waals surface area contributed by atoms with Crippen LogP contribution < -0.4 is 19.8 Å². The lowest BCUT2D eigenvalue weighted by molar-refractivity contribution is 0.0224. The van der Waals surface area contributed by atoms with Gasteiger partial charge in [-0.1, -0.05) is 12.1 Å². The average molecular weight is 586 g/mol. The Hall–Kier alpha value is -4.94. The van der Waals surface area contributed by atoms with Crippen LogP contribution in [0.4, 0.5) is 4.39 Å². The second kappa shape index (κ2) is 12.9. The number of fused-ring (bicyclic) bond motifs is 2. The Kier molecular flexibility index (Phi) is 8.47. The number of ether oxygens (including phenoxy) is 5. The van der Waals surface area contributed by atoms with E-state index in [1.165, 1.54) is 35.4 Å². The molecule has 0 atom stereocenters. The summed E-state index contributed by atoms with van der Waals surface area (Å²) in [6.45, 7) is 2.49. The largest absolute Gasteiger partial charge is 0.487 e. The summed E-state index contributed by atoms with van der Waals surface area (Å²) in [5.41, 5.74) is 1.99. The van der Waals surface area contributed by atoms with Gasteiger partial charge in [0.1, 0.15) is 36.9 Å². The van der Waals surface area contributed by atoms with Gasteiger partial charge in [-0.05, 0) is 35.9 Å². The number of hydrogen-bond donors (Lipinski definition) is 0. The molecule has 0 spiro atoms. The highest BCUT2D eigenvalue weighted by atomic mass is 19.1. The molecule has 43 heavy (non-hydrogen) atoms.